The summed E-state index contributed by atoms with van der Waals surface area (Å²) in [5, 5.41) is 14.8. The number of nitrogens with zero attached hydrogens (tertiary/aromatic N) is 6. The summed E-state index contributed by atoms with van der Waals surface area (Å²) >= 11 is 0. The van der Waals surface area contributed by atoms with Crippen LogP contribution in [0.2, 0.25) is 0 Å². The molecule has 3 aromatic rings. The van der Waals surface area contributed by atoms with E-state index >= 15 is 0 Å². The Hall–Kier alpha value is -2.87. The Bertz CT molecular complexity index is 827. The van der Waals surface area contributed by atoms with Crippen molar-refractivity contribution in [2.24, 2.45) is 0 Å². The van der Waals surface area contributed by atoms with E-state index in [0.717, 1.165) is 13.1 Å². The highest BCUT2D eigenvalue weighted by atomic mass is 16.2. The van der Waals surface area contributed by atoms with E-state index in [4.69, 9.17) is 0 Å². The fraction of sp³-hybridized carbons (Fsp3) is 0.267. The molecule has 0 saturated carbocycles. The van der Waals surface area contributed by atoms with Crippen molar-refractivity contribution >= 4 is 22.6 Å². The number of benzene rings is 1. The first kappa shape index (κ1) is 15.0. The van der Waals surface area contributed by atoms with Crippen molar-refractivity contribution in [3.63, 3.8) is 0 Å². The summed E-state index contributed by atoms with van der Waals surface area (Å²) in [5.74, 6) is -0.375. The van der Waals surface area contributed by atoms with Gasteiger partial charge in [0.1, 0.15) is 5.52 Å². The number of para-hydroxylation sites is 1. The number of amides is 1. The van der Waals surface area contributed by atoms with Crippen LogP contribution in [0, 0.1) is 0 Å². The average molecular weight is 311 g/mol. The molecular weight excluding hydrogens is 294 g/mol. The molecule has 2 aromatic heterocycles. The Balaban J connectivity index is 1.70. The summed E-state index contributed by atoms with van der Waals surface area (Å²) in [6, 6.07) is 7.28. The van der Waals surface area contributed by atoms with Gasteiger partial charge in [0.25, 0.3) is 5.91 Å². The zero-order valence-electron chi connectivity index (χ0n) is 13.0. The zero-order valence-corrected chi connectivity index (χ0v) is 13.0. The number of fused-ring (bicyclic) bond motifs is 1. The lowest BCUT2D eigenvalue weighted by Gasteiger charge is -2.08. The smallest absolute Gasteiger partial charge is 0.295 e. The van der Waals surface area contributed by atoms with Gasteiger partial charge in [-0.2, -0.15) is 5.10 Å². The lowest BCUT2D eigenvalue weighted by atomic mass is 10.3. The van der Waals surface area contributed by atoms with Crippen molar-refractivity contribution in [3.8, 4) is 0 Å². The monoisotopic (exact) mass is 311 g/mol. The quantitative estimate of drug-likeness (QED) is 0.757. The van der Waals surface area contributed by atoms with Crippen molar-refractivity contribution in [2.45, 2.75) is 6.54 Å². The largest absolute Gasteiger partial charge is 0.316 e. The third-order valence-electron chi connectivity index (χ3n) is 3.23. The van der Waals surface area contributed by atoms with Gasteiger partial charge in [-0.15, -0.1) is 10.2 Å². The summed E-state index contributed by atoms with van der Waals surface area (Å²) in [5.41, 5.74) is 1.89. The molecule has 0 aliphatic heterocycles. The number of hydrogen-bond donors (Lipinski definition) is 1. The lowest BCUT2D eigenvalue weighted by Crippen LogP contribution is -2.18. The molecule has 0 bridgehead atoms. The topological polar surface area (TPSA) is 88.8 Å². The van der Waals surface area contributed by atoms with Crippen LogP contribution in [0.15, 0.2) is 36.7 Å². The molecule has 1 N–H and O–H groups in total. The highest BCUT2D eigenvalue weighted by Crippen LogP contribution is 2.09. The number of hydrogen-bond acceptors (Lipinski definition) is 6. The van der Waals surface area contributed by atoms with Crippen molar-refractivity contribution < 1.29 is 4.79 Å². The molecular formula is C15H17N7O. The van der Waals surface area contributed by atoms with E-state index in [2.05, 4.69) is 30.5 Å². The summed E-state index contributed by atoms with van der Waals surface area (Å²) in [7, 11) is 3.99. The summed E-state index contributed by atoms with van der Waals surface area (Å²) in [6.45, 7) is 1.61. The van der Waals surface area contributed by atoms with Gasteiger partial charge in [-0.1, -0.05) is 12.1 Å². The van der Waals surface area contributed by atoms with E-state index in [1.807, 2.05) is 26.2 Å². The van der Waals surface area contributed by atoms with Gasteiger partial charge >= 0.3 is 0 Å². The molecule has 0 saturated heterocycles. The minimum atomic E-state index is -0.407. The van der Waals surface area contributed by atoms with Crippen LogP contribution in [0.5, 0.6) is 0 Å². The van der Waals surface area contributed by atoms with Crippen LogP contribution >= 0.6 is 0 Å². The zero-order chi connectivity index (χ0) is 16.2. The number of nitrogens with one attached hydrogen (secondary N) is 1. The fourth-order valence-electron chi connectivity index (χ4n) is 2.02. The third kappa shape index (κ3) is 3.67. The average Bonchev–Trinajstić information content (AvgIpc) is 3.00. The van der Waals surface area contributed by atoms with Crippen LogP contribution in [0.4, 0.5) is 5.69 Å². The molecule has 3 rings (SSSR count). The van der Waals surface area contributed by atoms with Crippen LogP contribution in [0.1, 0.15) is 10.6 Å². The van der Waals surface area contributed by atoms with E-state index in [9.17, 15) is 4.79 Å². The first-order valence-electron chi connectivity index (χ1n) is 7.20. The van der Waals surface area contributed by atoms with Crippen molar-refractivity contribution in [2.75, 3.05) is 26.0 Å². The van der Waals surface area contributed by atoms with Gasteiger partial charge in [0.05, 0.1) is 23.9 Å². The van der Waals surface area contributed by atoms with Crippen LogP contribution in [-0.2, 0) is 6.54 Å². The minimum absolute atomic E-state index is 0.0322. The van der Waals surface area contributed by atoms with Crippen molar-refractivity contribution in [1.82, 2.24) is 29.9 Å². The van der Waals surface area contributed by atoms with Crippen molar-refractivity contribution in [3.05, 3.63) is 42.5 Å². The maximum absolute atomic E-state index is 12.2. The first-order chi connectivity index (χ1) is 11.1. The number of carbonyl (C=O) groups excluding carboxylic acids is 1. The number of aromatic nitrogens is 5. The summed E-state index contributed by atoms with van der Waals surface area (Å²) in [4.78, 5) is 18.5. The molecule has 8 heteroatoms. The predicted octanol–water partition coefficient (Wildman–Crippen LogP) is 1.04. The third-order valence-corrected chi connectivity index (χ3v) is 3.23. The predicted molar refractivity (Wildman–Crippen MR) is 86.1 cm³/mol. The summed E-state index contributed by atoms with van der Waals surface area (Å²) < 4.78 is 1.77. The van der Waals surface area contributed by atoms with E-state index in [1.165, 1.54) is 0 Å². The Morgan fingerprint density at radius 1 is 1.22 bits per heavy atom. The molecule has 2 heterocycles. The molecule has 0 aliphatic rings. The number of likely N-dealkylation sites (N-methyl/N-ethyl adjacent to an activating group) is 1. The van der Waals surface area contributed by atoms with Gasteiger partial charge in [-0.25, -0.2) is 4.98 Å². The molecule has 0 spiro atoms. The van der Waals surface area contributed by atoms with Crippen LogP contribution in [0.25, 0.3) is 11.0 Å². The number of anilines is 1. The number of rotatable bonds is 5. The van der Waals surface area contributed by atoms with E-state index in [1.54, 1.807) is 29.2 Å². The van der Waals surface area contributed by atoms with Gasteiger partial charge in [0, 0.05) is 12.7 Å². The van der Waals surface area contributed by atoms with E-state index in [-0.39, 0.29) is 5.82 Å². The molecule has 0 atom stereocenters. The van der Waals surface area contributed by atoms with Gasteiger partial charge in [-0.05, 0) is 26.2 Å². The van der Waals surface area contributed by atoms with Gasteiger partial charge in [0.15, 0.2) is 0 Å². The number of carbonyl (C=O) groups is 1. The van der Waals surface area contributed by atoms with Gasteiger partial charge < -0.3 is 10.2 Å². The van der Waals surface area contributed by atoms with Crippen LogP contribution < -0.4 is 5.32 Å². The molecule has 1 amide bonds. The van der Waals surface area contributed by atoms with Crippen molar-refractivity contribution in [1.29, 1.82) is 0 Å². The highest BCUT2D eigenvalue weighted by Gasteiger charge is 2.12. The molecule has 1 aromatic carbocycles. The van der Waals surface area contributed by atoms with Gasteiger partial charge in [0.2, 0.25) is 5.82 Å². The normalized spacial score (nSPS) is 11.1. The van der Waals surface area contributed by atoms with E-state index in [0.29, 0.717) is 16.7 Å². The maximum atomic E-state index is 12.2. The summed E-state index contributed by atoms with van der Waals surface area (Å²) in [6.07, 6.45) is 3.37. The molecule has 0 radical (unpaired) electrons. The van der Waals surface area contributed by atoms with E-state index < -0.39 is 5.91 Å². The SMILES string of the molecule is CN(C)CCn1cc(NC(=O)c2nnc3ccccc3n2)cn1. The Labute approximate surface area is 133 Å². The molecule has 0 aliphatic carbocycles. The maximum Gasteiger partial charge on any atom is 0.295 e. The molecule has 8 nitrogen and oxygen atoms in total. The lowest BCUT2D eigenvalue weighted by molar-refractivity contribution is 0.101. The molecule has 118 valence electrons. The minimum Gasteiger partial charge on any atom is -0.316 e. The fourth-order valence-corrected chi connectivity index (χ4v) is 2.02. The van der Waals surface area contributed by atoms with Gasteiger partial charge in [-0.3, -0.25) is 9.48 Å². The second kappa shape index (κ2) is 6.49. The Morgan fingerprint density at radius 2 is 2.00 bits per heavy atom. The van der Waals surface area contributed by atoms with Crippen LogP contribution in [0.3, 0.4) is 0 Å². The Kier molecular flexibility index (Phi) is 4.24. The second-order valence-electron chi connectivity index (χ2n) is 5.37. The molecule has 0 fully saturated rings. The first-order valence-corrected chi connectivity index (χ1v) is 7.20. The second-order valence-corrected chi connectivity index (χ2v) is 5.37. The molecule has 23 heavy (non-hydrogen) atoms. The Morgan fingerprint density at radius 3 is 2.78 bits per heavy atom. The highest BCUT2D eigenvalue weighted by molar-refractivity contribution is 6.01. The standard InChI is InChI=1S/C15H17N7O/c1-21(2)7-8-22-10-11(9-16-22)17-15(23)14-18-12-5-3-4-6-13(12)19-20-14/h3-6,9-10H,7-8H2,1-2H3,(H,17,23). The molecule has 0 unspecified atom stereocenters. The van der Waals surface area contributed by atoms with Crippen LogP contribution in [-0.4, -0.2) is 56.4 Å².